The molecule has 2 saturated heterocycles. The molecule has 2 bridgehead atoms. The van der Waals surface area contributed by atoms with Gasteiger partial charge in [-0.3, -0.25) is 9.59 Å². The second-order valence-corrected chi connectivity index (χ2v) is 9.73. The first-order valence-electron chi connectivity index (χ1n) is 11.7. The number of hydrogen-bond donors (Lipinski definition) is 2. The van der Waals surface area contributed by atoms with E-state index in [-0.39, 0.29) is 18.0 Å². The summed E-state index contributed by atoms with van der Waals surface area (Å²) in [5, 5.41) is 6.79. The molecule has 0 aromatic carbocycles. The highest BCUT2D eigenvalue weighted by Gasteiger charge is 2.35. The summed E-state index contributed by atoms with van der Waals surface area (Å²) in [6.45, 7) is 7.82. The molecule has 0 aliphatic carbocycles. The van der Waals surface area contributed by atoms with E-state index in [1.807, 2.05) is 10.6 Å². The van der Waals surface area contributed by atoms with Gasteiger partial charge in [0.15, 0.2) is 5.11 Å². The molecule has 170 valence electrons. The van der Waals surface area contributed by atoms with Crippen LogP contribution in [0.1, 0.15) is 50.6 Å². The SMILES string of the molecule is CC1CCCCN1CCCNC(=O)CNC(=S)N1CC2CC(C1)c1cccc(=O)n1C2. The van der Waals surface area contributed by atoms with Crippen LogP contribution in [0, 0.1) is 5.92 Å². The van der Waals surface area contributed by atoms with Crippen molar-refractivity contribution in [3.8, 4) is 0 Å². The highest BCUT2D eigenvalue weighted by atomic mass is 32.1. The van der Waals surface area contributed by atoms with E-state index in [4.69, 9.17) is 12.2 Å². The average molecular weight is 446 g/mol. The number of pyridine rings is 1. The van der Waals surface area contributed by atoms with Crippen molar-refractivity contribution in [3.05, 3.63) is 34.2 Å². The summed E-state index contributed by atoms with van der Waals surface area (Å²) in [5.41, 5.74) is 1.20. The van der Waals surface area contributed by atoms with Gasteiger partial charge in [-0.2, -0.15) is 0 Å². The third-order valence-electron chi connectivity index (χ3n) is 7.05. The van der Waals surface area contributed by atoms with Gasteiger partial charge < -0.3 is 25.0 Å². The number of amides is 1. The molecular weight excluding hydrogens is 410 g/mol. The number of carbonyl (C=O) groups excluding carboxylic acids is 1. The van der Waals surface area contributed by atoms with Crippen LogP contribution in [0.5, 0.6) is 0 Å². The number of rotatable bonds is 6. The summed E-state index contributed by atoms with van der Waals surface area (Å²) >= 11 is 5.59. The maximum Gasteiger partial charge on any atom is 0.250 e. The predicted molar refractivity (Wildman–Crippen MR) is 126 cm³/mol. The molecule has 0 spiro atoms. The Balaban J connectivity index is 1.18. The van der Waals surface area contributed by atoms with Crippen molar-refractivity contribution in [2.45, 2.75) is 57.5 Å². The zero-order chi connectivity index (χ0) is 21.8. The molecular formula is C23H35N5O2S. The Morgan fingerprint density at radius 1 is 1.19 bits per heavy atom. The third-order valence-corrected chi connectivity index (χ3v) is 7.45. The van der Waals surface area contributed by atoms with Gasteiger partial charge in [0.1, 0.15) is 0 Å². The zero-order valence-electron chi connectivity index (χ0n) is 18.5. The fourth-order valence-electron chi connectivity index (χ4n) is 5.39. The number of fused-ring (bicyclic) bond motifs is 4. The largest absolute Gasteiger partial charge is 0.355 e. The highest BCUT2D eigenvalue weighted by Crippen LogP contribution is 2.34. The molecule has 2 N–H and O–H groups in total. The smallest absolute Gasteiger partial charge is 0.250 e. The molecule has 3 atom stereocenters. The molecule has 3 aliphatic rings. The number of hydrogen-bond acceptors (Lipinski definition) is 4. The molecule has 3 unspecified atom stereocenters. The monoisotopic (exact) mass is 445 g/mol. The first-order chi connectivity index (χ1) is 15.0. The first-order valence-corrected chi connectivity index (χ1v) is 12.2. The van der Waals surface area contributed by atoms with E-state index in [9.17, 15) is 9.59 Å². The van der Waals surface area contributed by atoms with E-state index < -0.39 is 0 Å². The first kappa shape index (κ1) is 22.3. The minimum absolute atomic E-state index is 0.0110. The summed E-state index contributed by atoms with van der Waals surface area (Å²) in [5.74, 6) is 0.715. The van der Waals surface area contributed by atoms with Crippen molar-refractivity contribution >= 4 is 23.2 Å². The number of carbonyl (C=O) groups is 1. The van der Waals surface area contributed by atoms with E-state index in [2.05, 4.69) is 33.4 Å². The van der Waals surface area contributed by atoms with Crippen molar-refractivity contribution in [3.63, 3.8) is 0 Å². The number of thiocarbonyl (C=S) groups is 1. The van der Waals surface area contributed by atoms with Crippen LogP contribution >= 0.6 is 12.2 Å². The second-order valence-electron chi connectivity index (χ2n) is 9.35. The molecule has 2 fully saturated rings. The summed E-state index contributed by atoms with van der Waals surface area (Å²) in [6, 6.07) is 6.21. The molecule has 4 heterocycles. The Bertz CT molecular complexity index is 857. The standard InChI is InChI=1S/C23H35N5O2S/c1-17-6-2-3-10-26(17)11-5-9-24-21(29)13-25-23(31)27-14-18-12-19(16-27)20-7-4-8-22(30)28(20)15-18/h4,7-8,17-19H,2-3,5-6,9-16H2,1H3,(H,24,29)(H,25,31). The van der Waals surface area contributed by atoms with Crippen LogP contribution < -0.4 is 16.2 Å². The van der Waals surface area contributed by atoms with Crippen LogP contribution in [0.4, 0.5) is 0 Å². The van der Waals surface area contributed by atoms with Gasteiger partial charge in [-0.1, -0.05) is 12.5 Å². The molecule has 0 saturated carbocycles. The van der Waals surface area contributed by atoms with Gasteiger partial charge >= 0.3 is 0 Å². The normalized spacial score (nSPS) is 25.6. The Morgan fingerprint density at radius 3 is 2.90 bits per heavy atom. The average Bonchev–Trinajstić information content (AvgIpc) is 2.77. The fourth-order valence-corrected chi connectivity index (χ4v) is 5.61. The topological polar surface area (TPSA) is 69.6 Å². The lowest BCUT2D eigenvalue weighted by atomic mass is 9.83. The quantitative estimate of drug-likeness (QED) is 0.511. The van der Waals surface area contributed by atoms with Gasteiger partial charge in [0, 0.05) is 56.4 Å². The highest BCUT2D eigenvalue weighted by molar-refractivity contribution is 7.80. The second kappa shape index (κ2) is 10.1. The van der Waals surface area contributed by atoms with E-state index in [0.717, 1.165) is 44.7 Å². The van der Waals surface area contributed by atoms with Gasteiger partial charge in [-0.15, -0.1) is 0 Å². The lowest BCUT2D eigenvalue weighted by Crippen LogP contribution is -2.52. The molecule has 8 heteroatoms. The van der Waals surface area contributed by atoms with Gasteiger partial charge in [-0.05, 0) is 63.4 Å². The van der Waals surface area contributed by atoms with Crippen LogP contribution in [0.15, 0.2) is 23.0 Å². The van der Waals surface area contributed by atoms with Gasteiger partial charge in [-0.25, -0.2) is 0 Å². The number of nitrogens with one attached hydrogen (secondary N) is 2. The minimum Gasteiger partial charge on any atom is -0.355 e. The number of aromatic nitrogens is 1. The van der Waals surface area contributed by atoms with E-state index in [0.29, 0.717) is 29.5 Å². The van der Waals surface area contributed by atoms with Crippen molar-refractivity contribution in [1.29, 1.82) is 0 Å². The molecule has 0 radical (unpaired) electrons. The molecule has 7 nitrogen and oxygen atoms in total. The molecule has 4 rings (SSSR count). The molecule has 3 aliphatic heterocycles. The number of piperidine rings is 2. The fraction of sp³-hybridized carbons (Fsp3) is 0.696. The lowest BCUT2D eigenvalue weighted by molar-refractivity contribution is -0.120. The van der Waals surface area contributed by atoms with Crippen LogP contribution in [0.2, 0.25) is 0 Å². The lowest BCUT2D eigenvalue weighted by Gasteiger charge is -2.43. The Labute approximate surface area is 190 Å². The van der Waals surface area contributed by atoms with E-state index in [1.54, 1.807) is 6.07 Å². The van der Waals surface area contributed by atoms with Gasteiger partial charge in [0.2, 0.25) is 5.91 Å². The van der Waals surface area contributed by atoms with Crippen molar-refractivity contribution in [1.82, 2.24) is 25.0 Å². The van der Waals surface area contributed by atoms with Crippen LogP contribution in [-0.2, 0) is 11.3 Å². The zero-order valence-corrected chi connectivity index (χ0v) is 19.3. The maximum atomic E-state index is 12.2. The molecule has 1 aromatic rings. The van der Waals surface area contributed by atoms with Crippen molar-refractivity contribution in [2.24, 2.45) is 5.92 Å². The maximum absolute atomic E-state index is 12.2. The summed E-state index contributed by atoms with van der Waals surface area (Å²) < 4.78 is 1.92. The van der Waals surface area contributed by atoms with Crippen LogP contribution in [0.25, 0.3) is 0 Å². The van der Waals surface area contributed by atoms with Gasteiger partial charge in [0.05, 0.1) is 6.54 Å². The van der Waals surface area contributed by atoms with Crippen LogP contribution in [-0.4, -0.2) is 70.7 Å². The van der Waals surface area contributed by atoms with Crippen LogP contribution in [0.3, 0.4) is 0 Å². The molecule has 31 heavy (non-hydrogen) atoms. The number of likely N-dealkylation sites (tertiary alicyclic amines) is 2. The van der Waals surface area contributed by atoms with E-state index in [1.165, 1.54) is 25.8 Å². The third kappa shape index (κ3) is 5.47. The molecule has 1 amide bonds. The Morgan fingerprint density at radius 2 is 2.06 bits per heavy atom. The Kier molecular flexibility index (Phi) is 7.27. The molecule has 1 aromatic heterocycles. The van der Waals surface area contributed by atoms with E-state index >= 15 is 0 Å². The van der Waals surface area contributed by atoms with Gasteiger partial charge in [0.25, 0.3) is 5.56 Å². The van der Waals surface area contributed by atoms with Crippen molar-refractivity contribution < 1.29 is 4.79 Å². The summed E-state index contributed by atoms with van der Waals surface area (Å²) in [4.78, 5) is 29.1. The summed E-state index contributed by atoms with van der Waals surface area (Å²) in [6.07, 6.45) is 5.99. The predicted octanol–water partition coefficient (Wildman–Crippen LogP) is 1.52. The Hall–Kier alpha value is -1.93. The minimum atomic E-state index is -0.0110. The summed E-state index contributed by atoms with van der Waals surface area (Å²) in [7, 11) is 0. The van der Waals surface area contributed by atoms with Crippen molar-refractivity contribution in [2.75, 3.05) is 39.3 Å². The number of nitrogens with zero attached hydrogens (tertiary/aromatic N) is 3.